The first-order valence-corrected chi connectivity index (χ1v) is 8.06. The number of rotatable bonds is 1. The van der Waals surface area contributed by atoms with E-state index in [-0.39, 0.29) is 0 Å². The molecule has 1 saturated heterocycles. The number of hydrogen-bond acceptors (Lipinski definition) is 1. The summed E-state index contributed by atoms with van der Waals surface area (Å²) in [5, 5.41) is 0.829. The summed E-state index contributed by atoms with van der Waals surface area (Å²) in [7, 11) is 0. The molecule has 98 valence electrons. The van der Waals surface area contributed by atoms with Gasteiger partial charge in [0.05, 0.1) is 5.69 Å². The molecule has 1 aliphatic carbocycles. The normalized spacial score (nSPS) is 22.7. The number of benzene rings is 1. The molecule has 0 bridgehead atoms. The average molecular weight is 329 g/mol. The lowest BCUT2D eigenvalue weighted by atomic mass is 9.73. The van der Waals surface area contributed by atoms with Crippen LogP contribution in [-0.2, 0) is 0 Å². The number of halogens is 2. The number of hydrogen-bond donors (Lipinski definition) is 0. The van der Waals surface area contributed by atoms with Gasteiger partial charge in [-0.15, -0.1) is 0 Å². The van der Waals surface area contributed by atoms with E-state index in [9.17, 15) is 0 Å². The van der Waals surface area contributed by atoms with Crippen molar-refractivity contribution in [2.45, 2.75) is 38.5 Å². The van der Waals surface area contributed by atoms with Gasteiger partial charge in [-0.3, -0.25) is 0 Å². The molecule has 1 nitrogen and oxygen atoms in total. The zero-order valence-corrected chi connectivity index (χ0v) is 12.9. The maximum atomic E-state index is 6.10. The first kappa shape index (κ1) is 12.8. The summed E-state index contributed by atoms with van der Waals surface area (Å²) in [5.41, 5.74) is 1.87. The Morgan fingerprint density at radius 1 is 1.06 bits per heavy atom. The first-order valence-electron chi connectivity index (χ1n) is 6.89. The van der Waals surface area contributed by atoms with Crippen LogP contribution in [0.1, 0.15) is 38.5 Å². The van der Waals surface area contributed by atoms with E-state index in [2.05, 4.69) is 33.0 Å². The molecule has 1 saturated carbocycles. The van der Waals surface area contributed by atoms with E-state index in [0.717, 1.165) is 9.50 Å². The summed E-state index contributed by atoms with van der Waals surface area (Å²) in [6.07, 6.45) is 8.55. The minimum Gasteiger partial charge on any atom is -0.369 e. The Labute approximate surface area is 123 Å². The van der Waals surface area contributed by atoms with Crippen LogP contribution in [0.5, 0.6) is 0 Å². The molecule has 0 aromatic heterocycles. The van der Waals surface area contributed by atoms with E-state index in [1.165, 1.54) is 57.3 Å². The lowest BCUT2D eigenvalue weighted by Crippen LogP contribution is -2.56. The topological polar surface area (TPSA) is 3.24 Å². The molecule has 0 atom stereocenters. The van der Waals surface area contributed by atoms with Gasteiger partial charge < -0.3 is 4.90 Å². The van der Waals surface area contributed by atoms with Crippen LogP contribution >= 0.6 is 27.5 Å². The predicted molar refractivity (Wildman–Crippen MR) is 81.5 cm³/mol. The first-order chi connectivity index (χ1) is 8.69. The van der Waals surface area contributed by atoms with Gasteiger partial charge in [0.15, 0.2) is 0 Å². The molecular weight excluding hydrogens is 310 g/mol. The fraction of sp³-hybridized carbons (Fsp3) is 0.600. The van der Waals surface area contributed by atoms with Gasteiger partial charge >= 0.3 is 0 Å². The Balaban J connectivity index is 1.72. The second kappa shape index (κ2) is 5.05. The number of anilines is 1. The van der Waals surface area contributed by atoms with Crippen LogP contribution in [0, 0.1) is 5.41 Å². The second-order valence-corrected chi connectivity index (χ2v) is 7.16. The standard InChI is InChI=1S/C15H19BrClN/c16-13-6-5-12(17)9-14(13)18-10-15(11-18)7-3-1-2-4-8-15/h5-6,9H,1-4,7-8,10-11H2. The van der Waals surface area contributed by atoms with Crippen molar-refractivity contribution >= 4 is 33.2 Å². The van der Waals surface area contributed by atoms with Crippen molar-refractivity contribution in [1.82, 2.24) is 0 Å². The van der Waals surface area contributed by atoms with E-state index in [4.69, 9.17) is 11.6 Å². The van der Waals surface area contributed by atoms with Gasteiger partial charge in [0.25, 0.3) is 0 Å². The van der Waals surface area contributed by atoms with Gasteiger partial charge in [0.1, 0.15) is 0 Å². The second-order valence-electron chi connectivity index (χ2n) is 5.87. The highest BCUT2D eigenvalue weighted by molar-refractivity contribution is 9.10. The van der Waals surface area contributed by atoms with Crippen LogP contribution in [0.4, 0.5) is 5.69 Å². The Hall–Kier alpha value is -0.210. The van der Waals surface area contributed by atoms with Gasteiger partial charge in [-0.25, -0.2) is 0 Å². The van der Waals surface area contributed by atoms with Crippen LogP contribution in [0.25, 0.3) is 0 Å². The van der Waals surface area contributed by atoms with Gasteiger partial charge in [0.2, 0.25) is 0 Å². The van der Waals surface area contributed by atoms with Crippen LogP contribution in [0.2, 0.25) is 5.02 Å². The third-order valence-electron chi connectivity index (χ3n) is 4.47. The molecule has 1 heterocycles. The maximum absolute atomic E-state index is 6.10. The third-order valence-corrected chi connectivity index (χ3v) is 5.37. The average Bonchev–Trinajstić information content (AvgIpc) is 2.56. The van der Waals surface area contributed by atoms with E-state index >= 15 is 0 Å². The number of nitrogens with zero attached hydrogens (tertiary/aromatic N) is 1. The van der Waals surface area contributed by atoms with Crippen molar-refractivity contribution in [3.8, 4) is 0 Å². The lowest BCUT2D eigenvalue weighted by Gasteiger charge is -2.52. The molecule has 2 fully saturated rings. The van der Waals surface area contributed by atoms with Crippen molar-refractivity contribution in [3.05, 3.63) is 27.7 Å². The molecule has 1 spiro atoms. The summed E-state index contributed by atoms with van der Waals surface area (Å²) in [6.45, 7) is 2.43. The highest BCUT2D eigenvalue weighted by Crippen LogP contribution is 2.46. The highest BCUT2D eigenvalue weighted by Gasteiger charge is 2.43. The Morgan fingerprint density at radius 2 is 1.72 bits per heavy atom. The minimum absolute atomic E-state index is 0.609. The summed E-state index contributed by atoms with van der Waals surface area (Å²) >= 11 is 9.73. The van der Waals surface area contributed by atoms with Crippen LogP contribution in [0.15, 0.2) is 22.7 Å². The van der Waals surface area contributed by atoms with Gasteiger partial charge in [-0.1, -0.05) is 37.3 Å². The fourth-order valence-corrected chi connectivity index (χ4v) is 4.12. The molecule has 3 rings (SSSR count). The molecule has 1 aliphatic heterocycles. The molecule has 0 amide bonds. The summed E-state index contributed by atoms with van der Waals surface area (Å²) in [5.74, 6) is 0. The van der Waals surface area contributed by atoms with Gasteiger partial charge in [-0.05, 0) is 47.0 Å². The monoisotopic (exact) mass is 327 g/mol. The molecule has 0 N–H and O–H groups in total. The van der Waals surface area contributed by atoms with Crippen molar-refractivity contribution in [1.29, 1.82) is 0 Å². The molecule has 1 aromatic carbocycles. The fourth-order valence-electron chi connectivity index (χ4n) is 3.46. The van der Waals surface area contributed by atoms with E-state index < -0.39 is 0 Å². The molecule has 3 heteroatoms. The van der Waals surface area contributed by atoms with Crippen molar-refractivity contribution < 1.29 is 0 Å². The molecule has 1 aromatic rings. The van der Waals surface area contributed by atoms with Crippen LogP contribution in [-0.4, -0.2) is 13.1 Å². The zero-order chi connectivity index (χ0) is 12.6. The predicted octanol–water partition coefficient (Wildman–Crippen LogP) is 5.26. The molecule has 2 aliphatic rings. The van der Waals surface area contributed by atoms with E-state index in [1.807, 2.05) is 6.07 Å². The molecule has 0 radical (unpaired) electrons. The maximum Gasteiger partial charge on any atom is 0.0525 e. The quantitative estimate of drug-likeness (QED) is 0.679. The highest BCUT2D eigenvalue weighted by atomic mass is 79.9. The molecule has 18 heavy (non-hydrogen) atoms. The smallest absolute Gasteiger partial charge is 0.0525 e. The van der Waals surface area contributed by atoms with Crippen molar-refractivity contribution in [2.24, 2.45) is 5.41 Å². The summed E-state index contributed by atoms with van der Waals surface area (Å²) < 4.78 is 1.16. The summed E-state index contributed by atoms with van der Waals surface area (Å²) in [6, 6.07) is 6.07. The SMILES string of the molecule is Clc1ccc(Br)c(N2CC3(CCCCCC3)C2)c1. The summed E-state index contributed by atoms with van der Waals surface area (Å²) in [4.78, 5) is 2.47. The largest absolute Gasteiger partial charge is 0.369 e. The molecule has 0 unspecified atom stereocenters. The lowest BCUT2D eigenvalue weighted by molar-refractivity contribution is 0.180. The van der Waals surface area contributed by atoms with Crippen molar-refractivity contribution in [3.63, 3.8) is 0 Å². The Morgan fingerprint density at radius 3 is 2.39 bits per heavy atom. The Bertz CT molecular complexity index is 430. The van der Waals surface area contributed by atoms with Crippen LogP contribution < -0.4 is 4.90 Å². The zero-order valence-electron chi connectivity index (χ0n) is 10.6. The van der Waals surface area contributed by atoms with Gasteiger partial charge in [0, 0.05) is 28.0 Å². The molecular formula is C15H19BrClN. The minimum atomic E-state index is 0.609. The van der Waals surface area contributed by atoms with Crippen molar-refractivity contribution in [2.75, 3.05) is 18.0 Å². The van der Waals surface area contributed by atoms with Gasteiger partial charge in [-0.2, -0.15) is 0 Å². The van der Waals surface area contributed by atoms with E-state index in [0.29, 0.717) is 5.41 Å². The third kappa shape index (κ3) is 2.42. The van der Waals surface area contributed by atoms with E-state index in [1.54, 1.807) is 0 Å². The Kier molecular flexibility index (Phi) is 3.59. The van der Waals surface area contributed by atoms with Crippen LogP contribution in [0.3, 0.4) is 0 Å².